The van der Waals surface area contributed by atoms with Gasteiger partial charge in [-0.2, -0.15) is 13.2 Å². The largest absolute Gasteiger partial charge is 0.444 e. The van der Waals surface area contributed by atoms with E-state index in [0.29, 0.717) is 37.0 Å². The lowest BCUT2D eigenvalue weighted by Gasteiger charge is -2.19. The minimum Gasteiger partial charge on any atom is -0.444 e. The first-order chi connectivity index (χ1) is 17.3. The van der Waals surface area contributed by atoms with Crippen LogP contribution in [0.25, 0.3) is 11.0 Å². The molecule has 198 valence electrons. The van der Waals surface area contributed by atoms with Crippen LogP contribution in [0, 0.1) is 0 Å². The smallest absolute Gasteiger partial charge is 0.434 e. The summed E-state index contributed by atoms with van der Waals surface area (Å²) in [6.07, 6.45) is -3.38. The first-order valence-electron chi connectivity index (χ1n) is 11.4. The number of ether oxygens (including phenoxy) is 1. The van der Waals surface area contributed by atoms with Crippen molar-refractivity contribution in [1.29, 1.82) is 0 Å². The lowest BCUT2D eigenvalue weighted by atomic mass is 10.1. The van der Waals surface area contributed by atoms with Gasteiger partial charge in [0.2, 0.25) is 11.9 Å². The SMILES string of the molecule is CC(C)(C)OC(=O)NCCCCn1c(NC(=O)c2cccnc2C(F)(F)F)nc2cc(C(N)=O)ccc21. The van der Waals surface area contributed by atoms with Crippen LogP contribution in [-0.2, 0) is 17.5 Å². The number of alkyl carbamates (subject to hydrolysis) is 1. The van der Waals surface area contributed by atoms with Crippen LogP contribution in [0.15, 0.2) is 36.5 Å². The first kappa shape index (κ1) is 27.4. The second kappa shape index (κ2) is 10.8. The van der Waals surface area contributed by atoms with Crippen molar-refractivity contribution in [2.75, 3.05) is 11.9 Å². The number of hydrogen-bond donors (Lipinski definition) is 3. The Morgan fingerprint density at radius 1 is 1.11 bits per heavy atom. The third-order valence-corrected chi connectivity index (χ3v) is 5.06. The summed E-state index contributed by atoms with van der Waals surface area (Å²) in [5.41, 5.74) is 3.77. The number of fused-ring (bicyclic) bond motifs is 1. The van der Waals surface area contributed by atoms with Crippen molar-refractivity contribution >= 4 is 34.9 Å². The van der Waals surface area contributed by atoms with E-state index in [9.17, 15) is 27.6 Å². The van der Waals surface area contributed by atoms with Gasteiger partial charge in [0.25, 0.3) is 5.91 Å². The van der Waals surface area contributed by atoms with Crippen LogP contribution in [0.5, 0.6) is 0 Å². The van der Waals surface area contributed by atoms with Gasteiger partial charge >= 0.3 is 12.3 Å². The fourth-order valence-electron chi connectivity index (χ4n) is 3.49. The topological polar surface area (TPSA) is 141 Å². The highest BCUT2D eigenvalue weighted by molar-refractivity contribution is 6.05. The Labute approximate surface area is 210 Å². The molecule has 0 aliphatic rings. The number of anilines is 1. The molecule has 0 fully saturated rings. The molecule has 0 spiro atoms. The van der Waals surface area contributed by atoms with Crippen LogP contribution in [0.1, 0.15) is 60.0 Å². The summed E-state index contributed by atoms with van der Waals surface area (Å²) in [4.78, 5) is 43.8. The second-order valence-electron chi connectivity index (χ2n) is 9.14. The van der Waals surface area contributed by atoms with Crippen LogP contribution < -0.4 is 16.4 Å². The minimum atomic E-state index is -4.83. The maximum Gasteiger partial charge on any atom is 0.434 e. The molecule has 0 radical (unpaired) electrons. The van der Waals surface area contributed by atoms with E-state index in [4.69, 9.17) is 10.5 Å². The zero-order valence-electron chi connectivity index (χ0n) is 20.5. The number of carbonyl (C=O) groups excluding carboxylic acids is 3. The summed E-state index contributed by atoms with van der Waals surface area (Å²) < 4.78 is 46.9. The van der Waals surface area contributed by atoms with E-state index in [-0.39, 0.29) is 11.5 Å². The highest BCUT2D eigenvalue weighted by Crippen LogP contribution is 2.30. The standard InChI is InChI=1S/C24H27F3N6O4/c1-23(2,3)37-22(36)30-10-4-5-12-33-17-9-8-14(19(28)34)13-16(17)31-21(33)32-20(35)15-7-6-11-29-18(15)24(25,26)27/h6-9,11,13H,4-5,10,12H2,1-3H3,(H2,28,34)(H,30,36)(H,31,32,35). The zero-order valence-corrected chi connectivity index (χ0v) is 20.5. The number of imidazole rings is 1. The summed E-state index contributed by atoms with van der Waals surface area (Å²) in [5.74, 6) is -1.74. The van der Waals surface area contributed by atoms with Gasteiger partial charge in [-0.1, -0.05) is 0 Å². The monoisotopic (exact) mass is 520 g/mol. The van der Waals surface area contributed by atoms with Gasteiger partial charge in [-0.25, -0.2) is 9.78 Å². The van der Waals surface area contributed by atoms with E-state index in [2.05, 4.69) is 20.6 Å². The van der Waals surface area contributed by atoms with Crippen molar-refractivity contribution in [2.45, 2.75) is 51.9 Å². The Bertz CT molecular complexity index is 1310. The number of benzene rings is 1. The van der Waals surface area contributed by atoms with Crippen LogP contribution >= 0.6 is 0 Å². The van der Waals surface area contributed by atoms with Crippen molar-refractivity contribution in [3.63, 3.8) is 0 Å². The molecule has 0 saturated carbocycles. The molecule has 3 rings (SSSR count). The second-order valence-corrected chi connectivity index (χ2v) is 9.14. The van der Waals surface area contributed by atoms with Crippen molar-refractivity contribution < 1.29 is 32.3 Å². The average Bonchev–Trinajstić information content (AvgIpc) is 3.13. The van der Waals surface area contributed by atoms with E-state index in [1.54, 1.807) is 31.4 Å². The summed E-state index contributed by atoms with van der Waals surface area (Å²) in [6.45, 7) is 5.87. The van der Waals surface area contributed by atoms with Gasteiger partial charge < -0.3 is 20.4 Å². The molecule has 3 amide bonds. The Hall–Kier alpha value is -4.16. The summed E-state index contributed by atoms with van der Waals surface area (Å²) in [5, 5.41) is 5.07. The van der Waals surface area contributed by atoms with E-state index >= 15 is 0 Å². The molecule has 13 heteroatoms. The summed E-state index contributed by atoms with van der Waals surface area (Å²) in [6, 6.07) is 6.75. The number of aryl methyl sites for hydroxylation is 1. The number of amides is 3. The molecule has 0 aliphatic carbocycles. The molecule has 0 bridgehead atoms. The molecule has 0 aliphatic heterocycles. The third kappa shape index (κ3) is 7.18. The number of nitrogens with one attached hydrogen (secondary N) is 2. The van der Waals surface area contributed by atoms with Crippen molar-refractivity contribution in [3.8, 4) is 0 Å². The van der Waals surface area contributed by atoms with Gasteiger partial charge in [0.15, 0.2) is 5.69 Å². The molecule has 1 aromatic carbocycles. The van der Waals surface area contributed by atoms with E-state index in [1.165, 1.54) is 18.2 Å². The highest BCUT2D eigenvalue weighted by Gasteiger charge is 2.37. The number of hydrogen-bond acceptors (Lipinski definition) is 6. The average molecular weight is 521 g/mol. The van der Waals surface area contributed by atoms with Gasteiger partial charge in [0.1, 0.15) is 5.60 Å². The molecule has 0 saturated heterocycles. The predicted octanol–water partition coefficient (Wildman–Crippen LogP) is 4.11. The van der Waals surface area contributed by atoms with Gasteiger partial charge in [0.05, 0.1) is 16.6 Å². The van der Waals surface area contributed by atoms with Gasteiger partial charge in [0, 0.05) is 24.8 Å². The number of alkyl halides is 3. The van der Waals surface area contributed by atoms with Crippen molar-refractivity contribution in [3.05, 3.63) is 53.3 Å². The molecule has 0 atom stereocenters. The normalized spacial score (nSPS) is 11.8. The van der Waals surface area contributed by atoms with Gasteiger partial charge in [-0.3, -0.25) is 19.9 Å². The molecule has 10 nitrogen and oxygen atoms in total. The number of carbonyl (C=O) groups is 3. The molecular formula is C24H27F3N6O4. The summed E-state index contributed by atoms with van der Waals surface area (Å²) in [7, 11) is 0. The molecule has 37 heavy (non-hydrogen) atoms. The van der Waals surface area contributed by atoms with E-state index in [1.807, 2.05) is 0 Å². The maximum absolute atomic E-state index is 13.4. The van der Waals surface area contributed by atoms with Crippen LogP contribution in [0.2, 0.25) is 0 Å². The lowest BCUT2D eigenvalue weighted by molar-refractivity contribution is -0.141. The number of halogens is 3. The van der Waals surface area contributed by atoms with Crippen LogP contribution in [0.3, 0.4) is 0 Å². The maximum atomic E-state index is 13.4. The zero-order chi connectivity index (χ0) is 27.4. The Kier molecular flexibility index (Phi) is 8.04. The fourth-order valence-corrected chi connectivity index (χ4v) is 3.49. The van der Waals surface area contributed by atoms with Gasteiger partial charge in [-0.05, 0) is 63.9 Å². The number of nitrogens with two attached hydrogens (primary N) is 1. The number of primary amides is 1. The first-order valence-corrected chi connectivity index (χ1v) is 11.4. The number of aromatic nitrogens is 3. The van der Waals surface area contributed by atoms with Crippen LogP contribution in [-0.4, -0.2) is 44.6 Å². The van der Waals surface area contributed by atoms with E-state index < -0.39 is 40.9 Å². The van der Waals surface area contributed by atoms with Crippen LogP contribution in [0.4, 0.5) is 23.9 Å². The quantitative estimate of drug-likeness (QED) is 0.382. The third-order valence-electron chi connectivity index (χ3n) is 5.06. The fraction of sp³-hybridized carbons (Fsp3) is 0.375. The Morgan fingerprint density at radius 2 is 1.84 bits per heavy atom. The Balaban J connectivity index is 1.81. The molecule has 0 unspecified atom stereocenters. The highest BCUT2D eigenvalue weighted by atomic mass is 19.4. The number of nitrogens with zero attached hydrogens (tertiary/aromatic N) is 3. The molecule has 2 heterocycles. The Morgan fingerprint density at radius 3 is 2.49 bits per heavy atom. The number of unbranched alkanes of at least 4 members (excludes halogenated alkanes) is 1. The van der Waals surface area contributed by atoms with Crippen molar-refractivity contribution in [1.82, 2.24) is 19.9 Å². The molecular weight excluding hydrogens is 493 g/mol. The molecule has 3 aromatic rings. The minimum absolute atomic E-state index is 0.0151. The number of pyridine rings is 1. The predicted molar refractivity (Wildman–Crippen MR) is 129 cm³/mol. The van der Waals surface area contributed by atoms with Gasteiger partial charge in [-0.15, -0.1) is 0 Å². The van der Waals surface area contributed by atoms with Crippen molar-refractivity contribution in [2.24, 2.45) is 5.73 Å². The number of rotatable bonds is 8. The molecule has 4 N–H and O–H groups in total. The summed E-state index contributed by atoms with van der Waals surface area (Å²) >= 11 is 0. The van der Waals surface area contributed by atoms with E-state index in [0.717, 1.165) is 12.3 Å². The molecule has 2 aromatic heterocycles. The lowest BCUT2D eigenvalue weighted by Crippen LogP contribution is -2.33.